The van der Waals surface area contributed by atoms with Crippen LogP contribution in [0.25, 0.3) is 5.78 Å². The van der Waals surface area contributed by atoms with E-state index < -0.39 is 0 Å². The molecule has 0 aliphatic heterocycles. The molecule has 0 saturated heterocycles. The Kier molecular flexibility index (Phi) is 3.42. The Morgan fingerprint density at radius 3 is 2.90 bits per heavy atom. The first-order chi connectivity index (χ1) is 9.63. The summed E-state index contributed by atoms with van der Waals surface area (Å²) in [5, 5.41) is 7.70. The molecule has 1 N–H and O–H groups in total. The van der Waals surface area contributed by atoms with Crippen molar-refractivity contribution in [1.29, 1.82) is 0 Å². The minimum absolute atomic E-state index is 0.262. The van der Waals surface area contributed by atoms with Gasteiger partial charge in [-0.3, -0.25) is 0 Å². The highest BCUT2D eigenvalue weighted by molar-refractivity contribution is 6.30. The van der Waals surface area contributed by atoms with Gasteiger partial charge in [0, 0.05) is 23.2 Å². The van der Waals surface area contributed by atoms with Crippen LogP contribution in [0.15, 0.2) is 30.6 Å². The molecule has 0 aliphatic carbocycles. The summed E-state index contributed by atoms with van der Waals surface area (Å²) in [4.78, 5) is 7.95. The smallest absolute Gasteiger partial charge is 0.255 e. The molecule has 102 valence electrons. The predicted octanol–water partition coefficient (Wildman–Crippen LogP) is 3.18. The lowest BCUT2D eigenvalue weighted by Gasteiger charge is -2.09. The number of nitrogens with one attached hydrogen (secondary N) is 1. The van der Waals surface area contributed by atoms with Gasteiger partial charge in [0.25, 0.3) is 5.78 Å². The van der Waals surface area contributed by atoms with Crippen molar-refractivity contribution in [2.24, 2.45) is 0 Å². The highest BCUT2D eigenvalue weighted by Gasteiger charge is 2.08. The minimum Gasteiger partial charge on any atom is -0.366 e. The lowest BCUT2D eigenvalue weighted by atomic mass is 10.2. The second kappa shape index (κ2) is 5.22. The van der Waals surface area contributed by atoms with E-state index in [1.54, 1.807) is 18.2 Å². The first-order valence-corrected chi connectivity index (χ1v) is 6.43. The maximum Gasteiger partial charge on any atom is 0.255 e. The van der Waals surface area contributed by atoms with E-state index in [1.807, 2.05) is 0 Å². The predicted molar refractivity (Wildman–Crippen MR) is 74.5 cm³/mol. The largest absolute Gasteiger partial charge is 0.366 e. The third-order valence-electron chi connectivity index (χ3n) is 2.70. The van der Waals surface area contributed by atoms with Gasteiger partial charge in [-0.1, -0.05) is 29.3 Å². The monoisotopic (exact) mass is 311 g/mol. The molecule has 2 heterocycles. The standard InChI is InChI=1S/C12H8Cl2FN5/c13-8-2-1-7(9(15)3-8)5-16-11-4-10(14)19-12-17-6-18-20(11)12/h1-4,6,16H,5H2. The van der Waals surface area contributed by atoms with Gasteiger partial charge < -0.3 is 5.32 Å². The van der Waals surface area contributed by atoms with Gasteiger partial charge in [0.05, 0.1) is 0 Å². The van der Waals surface area contributed by atoms with Crippen LogP contribution in [0.2, 0.25) is 10.2 Å². The molecule has 8 heteroatoms. The molecule has 3 rings (SSSR count). The van der Waals surface area contributed by atoms with E-state index in [0.717, 1.165) is 0 Å². The van der Waals surface area contributed by atoms with Gasteiger partial charge in [-0.15, -0.1) is 0 Å². The molecule has 1 aromatic carbocycles. The number of rotatable bonds is 3. The van der Waals surface area contributed by atoms with Gasteiger partial charge >= 0.3 is 0 Å². The maximum atomic E-state index is 13.7. The molecule has 5 nitrogen and oxygen atoms in total. The van der Waals surface area contributed by atoms with E-state index in [0.29, 0.717) is 22.2 Å². The Morgan fingerprint density at radius 2 is 2.10 bits per heavy atom. The molecule has 0 atom stereocenters. The summed E-state index contributed by atoms with van der Waals surface area (Å²) in [5.74, 6) is 0.573. The van der Waals surface area contributed by atoms with Crippen LogP contribution in [0.1, 0.15) is 5.56 Å². The summed E-state index contributed by atoms with van der Waals surface area (Å²) in [6.45, 7) is 0.262. The third-order valence-corrected chi connectivity index (χ3v) is 3.12. The van der Waals surface area contributed by atoms with Gasteiger partial charge in [-0.2, -0.15) is 19.6 Å². The van der Waals surface area contributed by atoms with Gasteiger partial charge in [0.1, 0.15) is 23.1 Å². The molecule has 2 aromatic heterocycles. The van der Waals surface area contributed by atoms with Gasteiger partial charge in [0.15, 0.2) is 0 Å². The van der Waals surface area contributed by atoms with Crippen LogP contribution in [-0.4, -0.2) is 19.6 Å². The number of anilines is 1. The first kappa shape index (κ1) is 13.1. The van der Waals surface area contributed by atoms with Crippen molar-refractivity contribution < 1.29 is 4.39 Å². The zero-order chi connectivity index (χ0) is 14.1. The molecule has 0 unspecified atom stereocenters. The fraction of sp³-hybridized carbons (Fsp3) is 0.0833. The van der Waals surface area contributed by atoms with Crippen molar-refractivity contribution in [3.05, 3.63) is 52.1 Å². The van der Waals surface area contributed by atoms with Crippen molar-refractivity contribution in [3.8, 4) is 0 Å². The minimum atomic E-state index is -0.375. The lowest BCUT2D eigenvalue weighted by Crippen LogP contribution is -2.07. The molecule has 0 radical (unpaired) electrons. The summed E-state index contributed by atoms with van der Waals surface area (Å²) < 4.78 is 15.2. The lowest BCUT2D eigenvalue weighted by molar-refractivity contribution is 0.613. The first-order valence-electron chi connectivity index (χ1n) is 5.67. The quantitative estimate of drug-likeness (QED) is 0.755. The maximum absolute atomic E-state index is 13.7. The van der Waals surface area contributed by atoms with E-state index in [4.69, 9.17) is 23.2 Å². The van der Waals surface area contributed by atoms with Crippen molar-refractivity contribution in [2.45, 2.75) is 6.54 Å². The second-order valence-corrected chi connectivity index (χ2v) is 4.85. The fourth-order valence-electron chi connectivity index (χ4n) is 1.76. The van der Waals surface area contributed by atoms with E-state index >= 15 is 0 Å². The van der Waals surface area contributed by atoms with Crippen molar-refractivity contribution in [3.63, 3.8) is 0 Å². The van der Waals surface area contributed by atoms with Crippen LogP contribution < -0.4 is 5.32 Å². The molecule has 0 bridgehead atoms. The zero-order valence-electron chi connectivity index (χ0n) is 10.0. The van der Waals surface area contributed by atoms with E-state index in [-0.39, 0.29) is 17.5 Å². The van der Waals surface area contributed by atoms with E-state index in [9.17, 15) is 4.39 Å². The van der Waals surface area contributed by atoms with Crippen LogP contribution in [-0.2, 0) is 6.54 Å². The van der Waals surface area contributed by atoms with Crippen molar-refractivity contribution >= 4 is 34.8 Å². The number of hydrogen-bond donors (Lipinski definition) is 1. The van der Waals surface area contributed by atoms with E-state index in [1.165, 1.54) is 16.9 Å². The summed E-state index contributed by atoms with van der Waals surface area (Å²) in [6, 6.07) is 6.11. The number of fused-ring (bicyclic) bond motifs is 1. The number of benzene rings is 1. The fourth-order valence-corrected chi connectivity index (χ4v) is 2.10. The molecule has 0 aliphatic rings. The number of hydrogen-bond acceptors (Lipinski definition) is 4. The normalized spacial score (nSPS) is 10.9. The topological polar surface area (TPSA) is 55.1 Å². The molecule has 0 amide bonds. The van der Waals surface area contributed by atoms with Crippen LogP contribution in [0.4, 0.5) is 10.2 Å². The molecule has 20 heavy (non-hydrogen) atoms. The Labute approximate surface area is 123 Å². The van der Waals surface area contributed by atoms with Crippen LogP contribution in [0.5, 0.6) is 0 Å². The SMILES string of the molecule is Fc1cc(Cl)ccc1CNc1cc(Cl)nc2ncnn12. The summed E-state index contributed by atoms with van der Waals surface area (Å²) in [7, 11) is 0. The Balaban J connectivity index is 1.88. The average molecular weight is 312 g/mol. The Bertz CT molecular complexity index is 774. The molecule has 0 spiro atoms. The molecule has 0 saturated carbocycles. The van der Waals surface area contributed by atoms with Crippen LogP contribution >= 0.6 is 23.2 Å². The highest BCUT2D eigenvalue weighted by Crippen LogP contribution is 2.18. The van der Waals surface area contributed by atoms with Gasteiger partial charge in [-0.25, -0.2) is 4.39 Å². The molecular formula is C12H8Cl2FN5. The van der Waals surface area contributed by atoms with E-state index in [2.05, 4.69) is 20.4 Å². The van der Waals surface area contributed by atoms with Gasteiger partial charge in [-0.05, 0) is 12.1 Å². The summed E-state index contributed by atoms with van der Waals surface area (Å²) >= 11 is 11.6. The Hall–Kier alpha value is -1.92. The van der Waals surface area contributed by atoms with Crippen LogP contribution in [0, 0.1) is 5.82 Å². The average Bonchev–Trinajstić information content (AvgIpc) is 2.85. The van der Waals surface area contributed by atoms with Crippen molar-refractivity contribution in [1.82, 2.24) is 19.6 Å². The molecule has 3 aromatic rings. The molecular weight excluding hydrogens is 304 g/mol. The van der Waals surface area contributed by atoms with Gasteiger partial charge in [0.2, 0.25) is 0 Å². The third kappa shape index (κ3) is 2.52. The number of aromatic nitrogens is 4. The second-order valence-electron chi connectivity index (χ2n) is 4.03. The van der Waals surface area contributed by atoms with Crippen LogP contribution in [0.3, 0.4) is 0 Å². The summed E-state index contributed by atoms with van der Waals surface area (Å²) in [5.41, 5.74) is 0.482. The van der Waals surface area contributed by atoms with Crippen molar-refractivity contribution in [2.75, 3.05) is 5.32 Å². The summed E-state index contributed by atoms with van der Waals surface area (Å²) in [6.07, 6.45) is 1.37. The number of halogens is 3. The highest BCUT2D eigenvalue weighted by atomic mass is 35.5. The number of nitrogens with zero attached hydrogens (tertiary/aromatic N) is 4. The zero-order valence-corrected chi connectivity index (χ0v) is 11.5. The molecule has 0 fully saturated rings. The Morgan fingerprint density at radius 1 is 1.25 bits per heavy atom.